The second-order valence-corrected chi connectivity index (χ2v) is 4.26. The Morgan fingerprint density at radius 1 is 1.08 bits per heavy atom. The minimum absolute atomic E-state index is 0.718. The molecular formula is C12H15N. The molecule has 2 heterocycles. The van der Waals surface area contributed by atoms with E-state index in [1.165, 1.54) is 19.3 Å². The highest BCUT2D eigenvalue weighted by molar-refractivity contribution is 5.38. The van der Waals surface area contributed by atoms with Crippen LogP contribution < -0.4 is 0 Å². The Balaban J connectivity index is 2.17. The quantitative estimate of drug-likeness (QED) is 0.583. The first kappa shape index (κ1) is 7.57. The van der Waals surface area contributed by atoms with Crippen LogP contribution in [-0.2, 0) is 0 Å². The number of nitrogens with zero attached hydrogens (tertiary/aromatic N) is 1. The smallest absolute Gasteiger partial charge is 0.0354 e. The second-order valence-electron chi connectivity index (χ2n) is 4.26. The van der Waals surface area contributed by atoms with Crippen LogP contribution in [0.4, 0.5) is 0 Å². The van der Waals surface area contributed by atoms with Crippen molar-refractivity contribution in [3.63, 3.8) is 0 Å². The Bertz CT molecular complexity index is 301. The van der Waals surface area contributed by atoms with Gasteiger partial charge in [-0.25, -0.2) is 0 Å². The zero-order valence-electron chi connectivity index (χ0n) is 8.03. The molecule has 2 aliphatic rings. The van der Waals surface area contributed by atoms with Gasteiger partial charge in [-0.15, -0.1) is 0 Å². The van der Waals surface area contributed by atoms with Crippen molar-refractivity contribution in [3.8, 4) is 0 Å². The Hall–Kier alpha value is -0.820. The normalized spacial score (nSPS) is 31.8. The summed E-state index contributed by atoms with van der Waals surface area (Å²) in [6.07, 6.45) is 4.10. The van der Waals surface area contributed by atoms with Crippen LogP contribution in [0.15, 0.2) is 24.3 Å². The highest BCUT2D eigenvalue weighted by Gasteiger charge is 2.37. The van der Waals surface area contributed by atoms with Gasteiger partial charge in [0.25, 0.3) is 0 Å². The maximum Gasteiger partial charge on any atom is 0.0354 e. The van der Waals surface area contributed by atoms with Crippen molar-refractivity contribution < 1.29 is 0 Å². The summed E-state index contributed by atoms with van der Waals surface area (Å²) in [5.41, 5.74) is 3.18. The minimum atomic E-state index is 0.718. The number of fused-ring (bicyclic) bond motifs is 5. The number of piperidine rings is 1. The van der Waals surface area contributed by atoms with Crippen molar-refractivity contribution in [1.29, 1.82) is 0 Å². The molecule has 13 heavy (non-hydrogen) atoms. The molecule has 3 rings (SSSR count). The Kier molecular flexibility index (Phi) is 1.50. The van der Waals surface area contributed by atoms with E-state index < -0.39 is 0 Å². The summed E-state index contributed by atoms with van der Waals surface area (Å²) in [4.78, 5) is 2.55. The number of benzene rings is 1. The summed E-state index contributed by atoms with van der Waals surface area (Å²) in [7, 11) is 2.27. The zero-order valence-corrected chi connectivity index (χ0v) is 8.03. The molecule has 2 atom stereocenters. The lowest BCUT2D eigenvalue weighted by Gasteiger charge is -2.31. The van der Waals surface area contributed by atoms with Gasteiger partial charge in [0.15, 0.2) is 0 Å². The van der Waals surface area contributed by atoms with Crippen molar-refractivity contribution in [2.45, 2.75) is 31.3 Å². The van der Waals surface area contributed by atoms with Gasteiger partial charge >= 0.3 is 0 Å². The third-order valence-electron chi connectivity index (χ3n) is 3.65. The molecule has 2 unspecified atom stereocenters. The third-order valence-corrected chi connectivity index (χ3v) is 3.65. The highest BCUT2D eigenvalue weighted by atomic mass is 15.2. The third kappa shape index (κ3) is 0.910. The van der Waals surface area contributed by atoms with E-state index in [0.717, 1.165) is 12.1 Å². The van der Waals surface area contributed by atoms with Gasteiger partial charge < -0.3 is 0 Å². The molecule has 1 fully saturated rings. The largest absolute Gasteiger partial charge is 0.292 e. The average Bonchev–Trinajstić information content (AvgIpc) is 2.36. The summed E-state index contributed by atoms with van der Waals surface area (Å²) in [6, 6.07) is 10.4. The summed E-state index contributed by atoms with van der Waals surface area (Å²) in [5.74, 6) is 0. The molecule has 0 aromatic heterocycles. The molecule has 1 aromatic carbocycles. The van der Waals surface area contributed by atoms with Gasteiger partial charge in [0.2, 0.25) is 0 Å². The molecule has 1 aromatic rings. The van der Waals surface area contributed by atoms with Gasteiger partial charge in [-0.05, 0) is 37.4 Å². The molecule has 1 nitrogen and oxygen atoms in total. The summed E-state index contributed by atoms with van der Waals surface area (Å²) < 4.78 is 0. The summed E-state index contributed by atoms with van der Waals surface area (Å²) in [6.45, 7) is 0. The van der Waals surface area contributed by atoms with Gasteiger partial charge in [0.05, 0.1) is 0 Å². The van der Waals surface area contributed by atoms with Crippen molar-refractivity contribution in [2.24, 2.45) is 0 Å². The van der Waals surface area contributed by atoms with E-state index in [4.69, 9.17) is 0 Å². The monoisotopic (exact) mass is 173 g/mol. The lowest BCUT2D eigenvalue weighted by Crippen LogP contribution is -2.25. The van der Waals surface area contributed by atoms with Crippen LogP contribution in [0, 0.1) is 0 Å². The second kappa shape index (κ2) is 2.58. The average molecular weight is 173 g/mol. The lowest BCUT2D eigenvalue weighted by atomic mass is 10.0. The topological polar surface area (TPSA) is 3.24 Å². The predicted octanol–water partition coefficient (Wildman–Crippen LogP) is 2.90. The lowest BCUT2D eigenvalue weighted by molar-refractivity contribution is 0.145. The maximum absolute atomic E-state index is 2.55. The van der Waals surface area contributed by atoms with Crippen LogP contribution in [0.2, 0.25) is 0 Å². The van der Waals surface area contributed by atoms with Crippen molar-refractivity contribution in [2.75, 3.05) is 7.05 Å². The Labute approximate surface area is 79.4 Å². The van der Waals surface area contributed by atoms with E-state index in [1.54, 1.807) is 11.1 Å². The van der Waals surface area contributed by atoms with Gasteiger partial charge in [0.1, 0.15) is 0 Å². The van der Waals surface area contributed by atoms with E-state index in [1.807, 2.05) is 0 Å². The zero-order chi connectivity index (χ0) is 8.84. The molecule has 68 valence electrons. The first-order valence-corrected chi connectivity index (χ1v) is 5.18. The molecular weight excluding hydrogens is 158 g/mol. The van der Waals surface area contributed by atoms with Crippen molar-refractivity contribution >= 4 is 0 Å². The maximum atomic E-state index is 2.55. The van der Waals surface area contributed by atoms with E-state index in [-0.39, 0.29) is 0 Å². The molecule has 0 amide bonds. The molecule has 0 saturated carbocycles. The first-order valence-electron chi connectivity index (χ1n) is 5.18. The van der Waals surface area contributed by atoms with Crippen LogP contribution in [0.3, 0.4) is 0 Å². The summed E-state index contributed by atoms with van der Waals surface area (Å²) in [5, 5.41) is 0. The van der Waals surface area contributed by atoms with Crippen LogP contribution in [0.1, 0.15) is 42.5 Å². The standard InChI is InChI=1S/C12H15N/c1-13-11-7-4-8-12(13)10-6-3-2-5-9(10)11/h2-3,5-6,11-12H,4,7-8H2,1H3. The van der Waals surface area contributed by atoms with Crippen LogP contribution in [0.25, 0.3) is 0 Å². The van der Waals surface area contributed by atoms with Gasteiger partial charge in [-0.2, -0.15) is 0 Å². The molecule has 2 aliphatic heterocycles. The van der Waals surface area contributed by atoms with Crippen molar-refractivity contribution in [1.82, 2.24) is 4.90 Å². The van der Waals surface area contributed by atoms with Crippen molar-refractivity contribution in [3.05, 3.63) is 35.4 Å². The van der Waals surface area contributed by atoms with Crippen LogP contribution >= 0.6 is 0 Å². The first-order chi connectivity index (χ1) is 6.38. The number of hydrogen-bond donors (Lipinski definition) is 0. The van der Waals surface area contributed by atoms with Crippen LogP contribution in [0.5, 0.6) is 0 Å². The number of rotatable bonds is 0. The molecule has 1 heteroatoms. The van der Waals surface area contributed by atoms with E-state index in [0.29, 0.717) is 0 Å². The molecule has 0 N–H and O–H groups in total. The molecule has 0 radical (unpaired) electrons. The fourth-order valence-corrected chi connectivity index (χ4v) is 3.00. The molecule has 0 aliphatic carbocycles. The van der Waals surface area contributed by atoms with Gasteiger partial charge in [-0.3, -0.25) is 4.90 Å². The Morgan fingerprint density at radius 3 is 2.15 bits per heavy atom. The van der Waals surface area contributed by atoms with Crippen LogP contribution in [-0.4, -0.2) is 11.9 Å². The molecule has 0 spiro atoms. The van der Waals surface area contributed by atoms with Gasteiger partial charge in [0, 0.05) is 12.1 Å². The Morgan fingerprint density at radius 2 is 1.62 bits per heavy atom. The minimum Gasteiger partial charge on any atom is -0.292 e. The fourth-order valence-electron chi connectivity index (χ4n) is 3.00. The molecule has 2 bridgehead atoms. The fraction of sp³-hybridized carbons (Fsp3) is 0.500. The molecule has 1 saturated heterocycles. The van der Waals surface area contributed by atoms with E-state index in [2.05, 4.69) is 36.2 Å². The van der Waals surface area contributed by atoms with E-state index >= 15 is 0 Å². The highest BCUT2D eigenvalue weighted by Crippen LogP contribution is 2.48. The van der Waals surface area contributed by atoms with E-state index in [9.17, 15) is 0 Å². The summed E-state index contributed by atoms with van der Waals surface area (Å²) >= 11 is 0. The predicted molar refractivity (Wildman–Crippen MR) is 53.5 cm³/mol. The van der Waals surface area contributed by atoms with Gasteiger partial charge in [-0.1, -0.05) is 24.3 Å². The SMILES string of the molecule is CN1C2CCCC1c1ccccc12. The number of hydrogen-bond acceptors (Lipinski definition) is 1.